The molecule has 1 aliphatic heterocycles. The largest absolute Gasteiger partial charge is 0.495 e. The van der Waals surface area contributed by atoms with Crippen LogP contribution in [0.1, 0.15) is 18.5 Å². The van der Waals surface area contributed by atoms with Gasteiger partial charge in [-0.1, -0.05) is 12.0 Å². The summed E-state index contributed by atoms with van der Waals surface area (Å²) in [6.45, 7) is 0.453. The summed E-state index contributed by atoms with van der Waals surface area (Å²) in [5, 5.41) is 25.9. The molecular weight excluding hydrogens is 573 g/mol. The molecule has 4 rings (SSSR count). The highest BCUT2D eigenvalue weighted by Gasteiger charge is 2.30. The second-order valence-corrected chi connectivity index (χ2v) is 12.3. The normalized spacial score (nSPS) is 15.7. The Balaban J connectivity index is 1.53. The predicted octanol–water partition coefficient (Wildman–Crippen LogP) is 3.31. The number of hydrogen-bond donors (Lipinski definition) is 4. The Morgan fingerprint density at radius 2 is 1.88 bits per heavy atom. The third kappa shape index (κ3) is 8.10. The van der Waals surface area contributed by atoms with Crippen LogP contribution in [0.15, 0.2) is 47.4 Å². The van der Waals surface area contributed by atoms with Crippen LogP contribution in [0.5, 0.6) is 5.75 Å². The molecule has 0 radical (unpaired) electrons. The third-order valence-corrected chi connectivity index (χ3v) is 8.21. The number of anilines is 2. The zero-order valence-electron chi connectivity index (χ0n) is 23.4. The van der Waals surface area contributed by atoms with Gasteiger partial charge in [0.05, 0.1) is 48.2 Å². The zero-order valence-corrected chi connectivity index (χ0v) is 24.2. The van der Waals surface area contributed by atoms with Gasteiger partial charge in [0.25, 0.3) is 0 Å². The number of alkyl halides is 3. The van der Waals surface area contributed by atoms with Gasteiger partial charge in [-0.15, -0.1) is 0 Å². The number of halogens is 3. The fraction of sp³-hybridized carbons (Fsp3) is 0.448. The molecule has 4 N–H and O–H groups in total. The van der Waals surface area contributed by atoms with Gasteiger partial charge in [0, 0.05) is 49.1 Å². The second kappa shape index (κ2) is 13.2. The molecule has 1 aromatic heterocycles. The predicted molar refractivity (Wildman–Crippen MR) is 156 cm³/mol. The number of rotatable bonds is 10. The van der Waals surface area contributed by atoms with Crippen molar-refractivity contribution in [2.45, 2.75) is 42.6 Å². The highest BCUT2D eigenvalue weighted by Crippen LogP contribution is 2.32. The Labute approximate surface area is 243 Å². The van der Waals surface area contributed by atoms with Crippen molar-refractivity contribution < 1.29 is 36.5 Å². The number of likely N-dealkylation sites (tertiary alicyclic amines) is 1. The molecule has 1 atom stereocenters. The lowest BCUT2D eigenvalue weighted by atomic mass is 10.0. The van der Waals surface area contributed by atoms with E-state index < -0.39 is 28.7 Å². The van der Waals surface area contributed by atoms with Crippen molar-refractivity contribution in [3.8, 4) is 17.6 Å². The van der Waals surface area contributed by atoms with E-state index in [1.54, 1.807) is 24.3 Å². The first-order chi connectivity index (χ1) is 19.9. The van der Waals surface area contributed by atoms with E-state index in [1.165, 1.54) is 19.2 Å². The van der Waals surface area contributed by atoms with E-state index in [1.807, 2.05) is 6.07 Å². The van der Waals surface area contributed by atoms with Crippen molar-refractivity contribution in [1.29, 1.82) is 0 Å². The topological polar surface area (TPSA) is 116 Å². The molecule has 3 aromatic rings. The molecule has 0 saturated carbocycles. The molecule has 0 amide bonds. The summed E-state index contributed by atoms with van der Waals surface area (Å²) >= 11 is 0. The van der Waals surface area contributed by atoms with Crippen molar-refractivity contribution in [3.05, 3.63) is 48.2 Å². The molecule has 9 nitrogen and oxygen atoms in total. The van der Waals surface area contributed by atoms with E-state index in [0.717, 1.165) is 42.4 Å². The summed E-state index contributed by atoms with van der Waals surface area (Å²) in [7, 11) is -2.02. The molecule has 1 aliphatic rings. The van der Waals surface area contributed by atoms with Crippen molar-refractivity contribution in [3.63, 3.8) is 0 Å². The van der Waals surface area contributed by atoms with Crippen LogP contribution in [0.2, 0.25) is 0 Å². The number of sulfone groups is 1. The Bertz CT molecular complexity index is 1550. The second-order valence-electron chi connectivity index (χ2n) is 10.3. The summed E-state index contributed by atoms with van der Waals surface area (Å²) in [6, 6.07) is 11.3. The minimum atomic E-state index is -4.45. The Hall–Kier alpha value is -3.44. The molecule has 0 unspecified atom stereocenters. The van der Waals surface area contributed by atoms with Gasteiger partial charge in [0.15, 0.2) is 9.84 Å². The first-order valence-corrected chi connectivity index (χ1v) is 15.3. The van der Waals surface area contributed by atoms with E-state index in [2.05, 4.69) is 27.4 Å². The fourth-order valence-corrected chi connectivity index (χ4v) is 5.66. The summed E-state index contributed by atoms with van der Waals surface area (Å²) < 4.78 is 70.8. The highest BCUT2D eigenvalue weighted by molar-refractivity contribution is 7.90. The third-order valence-electron chi connectivity index (χ3n) is 7.09. The van der Waals surface area contributed by atoms with Crippen molar-refractivity contribution in [2.24, 2.45) is 0 Å². The van der Waals surface area contributed by atoms with Crippen LogP contribution >= 0.6 is 0 Å². The van der Waals surface area contributed by atoms with Crippen molar-refractivity contribution in [2.75, 3.05) is 56.8 Å². The number of nitrogens with zero attached hydrogens (tertiary/aromatic N) is 2. The number of ether oxygens (including phenoxy) is 1. The standard InChI is InChI=1S/C29H35F3N4O5S/c1-41-28-16-23(42(2,39)40)8-9-26(28)33-12-4-5-21-15-24-25(6-3-7-27(24)36(21)19-29(30,31)32)34-20-10-13-35(14-11-20)17-22(38)18-37/h3,6-9,15-16,20,22,33-34,37-38H,10-14,17-19H2,1-2H3/t22-/m1/s1. The van der Waals surface area contributed by atoms with Gasteiger partial charge in [0.2, 0.25) is 0 Å². The van der Waals surface area contributed by atoms with Crippen LogP contribution in [0.3, 0.4) is 0 Å². The minimum absolute atomic E-state index is 0.0801. The summed E-state index contributed by atoms with van der Waals surface area (Å²) in [4.78, 5) is 2.18. The molecule has 0 bridgehead atoms. The van der Waals surface area contributed by atoms with Gasteiger partial charge in [-0.25, -0.2) is 8.42 Å². The number of aromatic nitrogens is 1. The van der Waals surface area contributed by atoms with Gasteiger partial charge in [-0.3, -0.25) is 0 Å². The fourth-order valence-electron chi connectivity index (χ4n) is 5.02. The average Bonchev–Trinajstić information content (AvgIpc) is 3.28. The van der Waals surface area contributed by atoms with Crippen LogP contribution in [0.4, 0.5) is 24.5 Å². The number of nitrogens with one attached hydrogen (secondary N) is 2. The number of methoxy groups -OCH3 is 1. The first kappa shape index (κ1) is 31.5. The Morgan fingerprint density at radius 1 is 1.14 bits per heavy atom. The van der Waals surface area contributed by atoms with E-state index in [-0.39, 0.29) is 29.8 Å². The van der Waals surface area contributed by atoms with Crippen LogP contribution in [-0.2, 0) is 16.4 Å². The number of hydrogen-bond acceptors (Lipinski definition) is 8. The molecule has 1 fully saturated rings. The quantitative estimate of drug-likeness (QED) is 0.259. The summed E-state index contributed by atoms with van der Waals surface area (Å²) in [5.41, 5.74) is 1.85. The average molecular weight is 609 g/mol. The van der Waals surface area contributed by atoms with Gasteiger partial charge in [0.1, 0.15) is 12.3 Å². The maximum absolute atomic E-state index is 13.6. The molecule has 13 heteroatoms. The molecule has 2 aromatic carbocycles. The lowest BCUT2D eigenvalue weighted by Crippen LogP contribution is -2.43. The first-order valence-electron chi connectivity index (χ1n) is 13.5. The molecule has 0 aliphatic carbocycles. The van der Waals surface area contributed by atoms with Crippen LogP contribution in [0, 0.1) is 11.8 Å². The highest BCUT2D eigenvalue weighted by atomic mass is 32.2. The number of piperidine rings is 1. The van der Waals surface area contributed by atoms with E-state index in [9.17, 15) is 26.7 Å². The zero-order chi connectivity index (χ0) is 30.5. The van der Waals surface area contributed by atoms with Gasteiger partial charge < -0.3 is 35.1 Å². The maximum atomic E-state index is 13.6. The van der Waals surface area contributed by atoms with Gasteiger partial charge >= 0.3 is 6.18 Å². The SMILES string of the molecule is COc1cc(S(C)(=O)=O)ccc1NCC#Cc1cc2c(NC3CCN(C[C@@H](O)CO)CC3)cccc2n1CC(F)(F)F. The molecule has 1 saturated heterocycles. The minimum Gasteiger partial charge on any atom is -0.495 e. The number of aliphatic hydroxyl groups is 2. The number of fused-ring (bicyclic) bond motifs is 1. The molecular formula is C29H35F3N4O5S. The number of β-amino-alcohol motifs (C(OH)–C–C–N with tert-alkyl or cyclic N) is 1. The molecule has 2 heterocycles. The van der Waals surface area contributed by atoms with Gasteiger partial charge in [-0.05, 0) is 49.1 Å². The van der Waals surface area contributed by atoms with Gasteiger partial charge in [-0.2, -0.15) is 13.2 Å². The maximum Gasteiger partial charge on any atom is 0.406 e. The lowest BCUT2D eigenvalue weighted by Gasteiger charge is -2.33. The molecule has 42 heavy (non-hydrogen) atoms. The van der Waals surface area contributed by atoms with Crippen LogP contribution in [-0.4, -0.2) is 92.6 Å². The van der Waals surface area contributed by atoms with E-state index in [4.69, 9.17) is 9.84 Å². The smallest absolute Gasteiger partial charge is 0.406 e. The Morgan fingerprint density at radius 3 is 2.52 bits per heavy atom. The summed E-state index contributed by atoms with van der Waals surface area (Å²) in [5.74, 6) is 6.04. The lowest BCUT2D eigenvalue weighted by molar-refractivity contribution is -0.140. The number of aliphatic hydroxyl groups excluding tert-OH is 2. The van der Waals surface area contributed by atoms with Crippen LogP contribution < -0.4 is 15.4 Å². The van der Waals surface area contributed by atoms with E-state index >= 15 is 0 Å². The van der Waals surface area contributed by atoms with E-state index in [0.29, 0.717) is 28.9 Å². The van der Waals surface area contributed by atoms with Crippen LogP contribution in [0.25, 0.3) is 10.9 Å². The summed E-state index contributed by atoms with van der Waals surface area (Å²) in [6.07, 6.45) is -2.58. The van der Waals surface area contributed by atoms with Crippen molar-refractivity contribution in [1.82, 2.24) is 9.47 Å². The van der Waals surface area contributed by atoms with Crippen molar-refractivity contribution >= 4 is 32.1 Å². The Kier molecular flexibility index (Phi) is 9.93. The molecule has 228 valence electrons. The monoisotopic (exact) mass is 608 g/mol. The number of benzene rings is 2. The molecule has 0 spiro atoms.